The number of hydrogen-bond donors (Lipinski definition) is 3. The van der Waals surface area contributed by atoms with Gasteiger partial charge in [-0.25, -0.2) is 24.6 Å². The number of imidazole rings is 2. The van der Waals surface area contributed by atoms with Crippen molar-refractivity contribution in [3.63, 3.8) is 0 Å². The number of carbonyl (C=O) groups excluding carboxylic acids is 1. The molecule has 0 spiro atoms. The van der Waals surface area contributed by atoms with Crippen LogP contribution in [0.25, 0.3) is 22.3 Å². The number of hydrogen-bond acceptors (Lipinski definition) is 10. The van der Waals surface area contributed by atoms with Crippen molar-refractivity contribution < 1.29 is 9.53 Å². The lowest BCUT2D eigenvalue weighted by Crippen LogP contribution is -2.61. The van der Waals surface area contributed by atoms with Crippen LogP contribution in [0.15, 0.2) is 98.4 Å². The number of carbonyl (C=O) groups is 1. The van der Waals surface area contributed by atoms with Crippen molar-refractivity contribution in [2.24, 2.45) is 5.73 Å². The molecular weight excluding hydrogens is 608 g/mol. The Labute approximate surface area is 277 Å². The second kappa shape index (κ2) is 14.0. The molecule has 246 valence electrons. The number of nitrogens with one attached hydrogen (secondary N) is 1. The van der Waals surface area contributed by atoms with E-state index >= 15 is 0 Å². The van der Waals surface area contributed by atoms with Crippen LogP contribution in [0.4, 0.5) is 5.82 Å². The van der Waals surface area contributed by atoms with Crippen LogP contribution in [0, 0.1) is 0 Å². The highest BCUT2D eigenvalue weighted by Gasteiger charge is 2.39. The summed E-state index contributed by atoms with van der Waals surface area (Å²) in [6.07, 6.45) is 13.8. The van der Waals surface area contributed by atoms with E-state index in [0.29, 0.717) is 60.9 Å². The summed E-state index contributed by atoms with van der Waals surface area (Å²) in [7, 11) is 0. The molecule has 1 amide bonds. The average Bonchev–Trinajstić information content (AvgIpc) is 3.87. The van der Waals surface area contributed by atoms with Crippen molar-refractivity contribution in [2.45, 2.75) is 44.1 Å². The van der Waals surface area contributed by atoms with Crippen LogP contribution in [0.3, 0.4) is 0 Å². The lowest BCUT2D eigenvalue weighted by molar-refractivity contribution is -0.140. The zero-order valence-electron chi connectivity index (χ0n) is 26.4. The molecule has 5 N–H and O–H groups in total. The molecule has 6 aromatic rings. The standard InChI is InChI=1S/C34H38N12O2/c35-28(11-16-44-18-14-38-23-44)31(39-12-4-15-43-17-13-37-22-43)34(47)45-19-25(20-45)46-33-29(32(36)40-21-41-33)30(42-46)24-7-9-27(10-8-24)48-26-5-2-1-3-6-26/h1-3,5-10,13-14,17-18,21-23,25,28,31,39H,4,11-12,15-16,19-20,35H2,(H2,36,40,41). The van der Waals surface area contributed by atoms with Crippen LogP contribution in [0.2, 0.25) is 0 Å². The second-order valence-corrected chi connectivity index (χ2v) is 11.9. The smallest absolute Gasteiger partial charge is 0.241 e. The van der Waals surface area contributed by atoms with E-state index in [2.05, 4.69) is 25.3 Å². The Hall–Kier alpha value is -5.60. The first-order valence-electron chi connectivity index (χ1n) is 16.0. The minimum absolute atomic E-state index is 0.0214. The van der Waals surface area contributed by atoms with Gasteiger partial charge in [-0.05, 0) is 55.8 Å². The Morgan fingerprint density at radius 2 is 1.65 bits per heavy atom. The van der Waals surface area contributed by atoms with Crippen molar-refractivity contribution in [3.8, 4) is 22.8 Å². The number of nitrogen functional groups attached to an aromatic ring is 1. The minimum Gasteiger partial charge on any atom is -0.457 e. The predicted octanol–water partition coefficient (Wildman–Crippen LogP) is 3.11. The first-order valence-corrected chi connectivity index (χ1v) is 16.0. The minimum atomic E-state index is -0.531. The third-order valence-corrected chi connectivity index (χ3v) is 8.64. The van der Waals surface area contributed by atoms with E-state index in [0.717, 1.165) is 24.3 Å². The van der Waals surface area contributed by atoms with Crippen molar-refractivity contribution in [1.29, 1.82) is 0 Å². The molecule has 1 saturated heterocycles. The maximum atomic E-state index is 13.9. The highest BCUT2D eigenvalue weighted by atomic mass is 16.5. The molecule has 1 fully saturated rings. The first-order chi connectivity index (χ1) is 23.5. The summed E-state index contributed by atoms with van der Waals surface area (Å²) in [6, 6.07) is 16.3. The normalized spacial score (nSPS) is 14.6. The van der Waals surface area contributed by atoms with Gasteiger partial charge in [-0.3, -0.25) is 4.79 Å². The fourth-order valence-electron chi connectivity index (χ4n) is 5.99. The molecular formula is C34H38N12O2. The maximum absolute atomic E-state index is 13.9. The van der Waals surface area contributed by atoms with Crippen LogP contribution in [-0.2, 0) is 17.9 Å². The van der Waals surface area contributed by atoms with Gasteiger partial charge in [0.2, 0.25) is 5.91 Å². The molecule has 14 heteroatoms. The zero-order chi connectivity index (χ0) is 32.9. The van der Waals surface area contributed by atoms with Crippen LogP contribution < -0.4 is 21.5 Å². The molecule has 4 aromatic heterocycles. The van der Waals surface area contributed by atoms with E-state index in [1.807, 2.05) is 85.7 Å². The van der Waals surface area contributed by atoms with Crippen LogP contribution in [0.1, 0.15) is 18.9 Å². The van der Waals surface area contributed by atoms with Gasteiger partial charge in [-0.1, -0.05) is 18.2 Å². The Morgan fingerprint density at radius 1 is 0.938 bits per heavy atom. The number of anilines is 1. The van der Waals surface area contributed by atoms with Gasteiger partial charge < -0.3 is 35.6 Å². The fraction of sp³-hybridized carbons (Fsp3) is 0.294. The molecule has 2 atom stereocenters. The highest BCUT2D eigenvalue weighted by Crippen LogP contribution is 2.35. The van der Waals surface area contributed by atoms with Gasteiger partial charge in [0.05, 0.1) is 24.1 Å². The molecule has 14 nitrogen and oxygen atoms in total. The molecule has 2 unspecified atom stereocenters. The number of para-hydroxylation sites is 1. The lowest BCUT2D eigenvalue weighted by Gasteiger charge is -2.42. The molecule has 5 heterocycles. The van der Waals surface area contributed by atoms with Crippen molar-refractivity contribution in [3.05, 3.63) is 98.4 Å². The number of fused-ring (bicyclic) bond motifs is 1. The summed E-state index contributed by atoms with van der Waals surface area (Å²) in [5.74, 6) is 1.79. The van der Waals surface area contributed by atoms with Crippen LogP contribution in [0.5, 0.6) is 11.5 Å². The van der Waals surface area contributed by atoms with Gasteiger partial charge in [-0.2, -0.15) is 5.10 Å². The van der Waals surface area contributed by atoms with E-state index in [4.69, 9.17) is 21.3 Å². The molecule has 1 aliphatic heterocycles. The van der Waals surface area contributed by atoms with Gasteiger partial charge in [-0.15, -0.1) is 0 Å². The van der Waals surface area contributed by atoms with Gasteiger partial charge in [0.25, 0.3) is 0 Å². The van der Waals surface area contributed by atoms with Crippen molar-refractivity contribution in [2.75, 3.05) is 25.4 Å². The van der Waals surface area contributed by atoms with Gasteiger partial charge in [0.1, 0.15) is 35.4 Å². The third kappa shape index (κ3) is 6.75. The van der Waals surface area contributed by atoms with E-state index in [1.54, 1.807) is 25.0 Å². The molecule has 7 rings (SSSR count). The number of ether oxygens (including phenoxy) is 1. The number of rotatable bonds is 14. The highest BCUT2D eigenvalue weighted by molar-refractivity contribution is 5.98. The molecule has 2 aromatic carbocycles. The van der Waals surface area contributed by atoms with E-state index in [9.17, 15) is 4.79 Å². The Kier molecular flexibility index (Phi) is 9.07. The van der Waals surface area contributed by atoms with Crippen molar-refractivity contribution >= 4 is 22.8 Å². The predicted molar refractivity (Wildman–Crippen MR) is 181 cm³/mol. The number of nitrogens with two attached hydrogens (primary N) is 2. The first kappa shape index (κ1) is 31.0. The number of benzene rings is 2. The summed E-state index contributed by atoms with van der Waals surface area (Å²) in [6.45, 7) is 3.07. The molecule has 0 bridgehead atoms. The van der Waals surface area contributed by atoms with Crippen LogP contribution in [-0.4, -0.2) is 81.4 Å². The molecule has 0 saturated carbocycles. The summed E-state index contributed by atoms with van der Waals surface area (Å²) in [4.78, 5) is 32.7. The second-order valence-electron chi connectivity index (χ2n) is 11.9. The summed E-state index contributed by atoms with van der Waals surface area (Å²) in [5.41, 5.74) is 15.2. The molecule has 0 aliphatic carbocycles. The SMILES string of the molecule is Nc1ncnc2c1c(-c1ccc(Oc3ccccc3)cc1)nn2C1CN(C(=O)C(NCCCn2ccnc2)C(N)CCn2ccnc2)C1. The summed E-state index contributed by atoms with van der Waals surface area (Å²) < 4.78 is 11.8. The fourth-order valence-corrected chi connectivity index (χ4v) is 5.99. The lowest BCUT2D eigenvalue weighted by atomic mass is 10.0. The number of aromatic nitrogens is 8. The number of amides is 1. The molecule has 48 heavy (non-hydrogen) atoms. The maximum Gasteiger partial charge on any atom is 0.241 e. The monoisotopic (exact) mass is 646 g/mol. The summed E-state index contributed by atoms with van der Waals surface area (Å²) in [5, 5.41) is 9.10. The zero-order valence-corrected chi connectivity index (χ0v) is 26.4. The third-order valence-electron chi connectivity index (χ3n) is 8.64. The largest absolute Gasteiger partial charge is 0.457 e. The average molecular weight is 647 g/mol. The van der Waals surface area contributed by atoms with Crippen LogP contribution >= 0.6 is 0 Å². The number of likely N-dealkylation sites (tertiary alicyclic amines) is 1. The molecule has 1 aliphatic rings. The van der Waals surface area contributed by atoms with E-state index in [1.165, 1.54) is 6.33 Å². The Balaban J connectivity index is 1.05. The quantitative estimate of drug-likeness (QED) is 0.149. The Morgan fingerprint density at radius 3 is 2.35 bits per heavy atom. The Bertz CT molecular complexity index is 1920. The van der Waals surface area contributed by atoms with Crippen molar-refractivity contribution in [1.82, 2.24) is 49.1 Å². The topological polar surface area (TPSA) is 173 Å². The number of nitrogens with zero attached hydrogens (tertiary/aromatic N) is 9. The van der Waals surface area contributed by atoms with Gasteiger partial charge >= 0.3 is 0 Å². The van der Waals surface area contributed by atoms with E-state index < -0.39 is 6.04 Å². The molecule has 0 radical (unpaired) electrons. The van der Waals surface area contributed by atoms with Gasteiger partial charge in [0.15, 0.2) is 5.65 Å². The van der Waals surface area contributed by atoms with Gasteiger partial charge in [0, 0.05) is 62.6 Å². The number of aryl methyl sites for hydroxylation is 2. The van der Waals surface area contributed by atoms with E-state index in [-0.39, 0.29) is 18.0 Å². The summed E-state index contributed by atoms with van der Waals surface area (Å²) >= 11 is 0.